The van der Waals surface area contributed by atoms with Crippen LogP contribution in [-0.4, -0.2) is 18.9 Å². The van der Waals surface area contributed by atoms with Crippen molar-refractivity contribution in [2.45, 2.75) is 33.6 Å². The van der Waals surface area contributed by atoms with Gasteiger partial charge in [-0.15, -0.1) is 0 Å². The van der Waals surface area contributed by atoms with Gasteiger partial charge in [-0.25, -0.2) is 0 Å². The second kappa shape index (κ2) is 3.71. The van der Waals surface area contributed by atoms with Crippen molar-refractivity contribution in [1.82, 2.24) is 0 Å². The highest BCUT2D eigenvalue weighted by molar-refractivity contribution is 6.01. The van der Waals surface area contributed by atoms with Crippen molar-refractivity contribution in [3.8, 4) is 0 Å². The summed E-state index contributed by atoms with van der Waals surface area (Å²) >= 11 is 0. The molecule has 0 radical (unpaired) electrons. The minimum absolute atomic E-state index is 0.00611. The fourth-order valence-electron chi connectivity index (χ4n) is 2.10. The van der Waals surface area contributed by atoms with Gasteiger partial charge in [-0.3, -0.25) is 9.59 Å². The van der Waals surface area contributed by atoms with Crippen molar-refractivity contribution in [3.63, 3.8) is 0 Å². The Bertz CT molecular complexity index is 250. The van der Waals surface area contributed by atoms with Gasteiger partial charge in [-0.05, 0) is 18.3 Å². The zero-order chi connectivity index (χ0) is 10.9. The van der Waals surface area contributed by atoms with E-state index >= 15 is 0 Å². The molecular formula is C11H18O3. The number of methoxy groups -OCH3 is 1. The molecule has 1 aliphatic rings. The van der Waals surface area contributed by atoms with E-state index in [-0.39, 0.29) is 23.1 Å². The standard InChI is InChI=1S/C11H18O3/c1-11(2,3)8-6-5-7(9(8)12)10(13)14-4/h7-8H,5-6H2,1-4H3. The molecule has 3 nitrogen and oxygen atoms in total. The fourth-order valence-corrected chi connectivity index (χ4v) is 2.10. The van der Waals surface area contributed by atoms with Gasteiger partial charge in [-0.2, -0.15) is 0 Å². The SMILES string of the molecule is COC(=O)C1CCC(C(C)(C)C)C1=O. The number of carbonyl (C=O) groups is 2. The Balaban J connectivity index is 2.75. The van der Waals surface area contributed by atoms with Crippen LogP contribution in [0.25, 0.3) is 0 Å². The van der Waals surface area contributed by atoms with E-state index < -0.39 is 5.92 Å². The molecule has 1 saturated carbocycles. The average molecular weight is 198 g/mol. The average Bonchev–Trinajstić information content (AvgIpc) is 2.45. The van der Waals surface area contributed by atoms with Crippen molar-refractivity contribution >= 4 is 11.8 Å². The zero-order valence-corrected chi connectivity index (χ0v) is 9.29. The first-order valence-electron chi connectivity index (χ1n) is 4.99. The van der Waals surface area contributed by atoms with Crippen LogP contribution in [0.2, 0.25) is 0 Å². The molecule has 2 atom stereocenters. The van der Waals surface area contributed by atoms with Gasteiger partial charge in [0.15, 0.2) is 5.78 Å². The Morgan fingerprint density at radius 1 is 1.36 bits per heavy atom. The lowest BCUT2D eigenvalue weighted by atomic mass is 9.78. The van der Waals surface area contributed by atoms with Crippen LogP contribution in [0.1, 0.15) is 33.6 Å². The summed E-state index contributed by atoms with van der Waals surface area (Å²) in [6, 6.07) is 0. The van der Waals surface area contributed by atoms with E-state index in [4.69, 9.17) is 0 Å². The molecule has 14 heavy (non-hydrogen) atoms. The van der Waals surface area contributed by atoms with E-state index in [9.17, 15) is 9.59 Å². The van der Waals surface area contributed by atoms with Crippen LogP contribution in [0.15, 0.2) is 0 Å². The quantitative estimate of drug-likeness (QED) is 0.476. The first-order valence-corrected chi connectivity index (χ1v) is 4.99. The van der Waals surface area contributed by atoms with Crippen LogP contribution in [0.5, 0.6) is 0 Å². The summed E-state index contributed by atoms with van der Waals surface area (Å²) in [6.45, 7) is 6.11. The Labute approximate surface area is 84.8 Å². The second-order valence-corrected chi connectivity index (χ2v) is 4.97. The van der Waals surface area contributed by atoms with Crippen molar-refractivity contribution in [3.05, 3.63) is 0 Å². The van der Waals surface area contributed by atoms with Crippen LogP contribution in [-0.2, 0) is 14.3 Å². The molecule has 1 fully saturated rings. The number of ether oxygens (including phenoxy) is 1. The lowest BCUT2D eigenvalue weighted by Crippen LogP contribution is -2.29. The third-order valence-electron chi connectivity index (χ3n) is 2.96. The highest BCUT2D eigenvalue weighted by Gasteiger charge is 2.44. The largest absolute Gasteiger partial charge is 0.468 e. The normalized spacial score (nSPS) is 27.9. The molecule has 80 valence electrons. The predicted molar refractivity (Wildman–Crippen MR) is 52.7 cm³/mol. The highest BCUT2D eigenvalue weighted by Crippen LogP contribution is 2.39. The summed E-state index contributed by atoms with van der Waals surface area (Å²) in [5.41, 5.74) is -0.0418. The Kier molecular flexibility index (Phi) is 2.98. The van der Waals surface area contributed by atoms with Gasteiger partial charge in [0.25, 0.3) is 0 Å². The topological polar surface area (TPSA) is 43.4 Å². The van der Waals surface area contributed by atoms with E-state index in [1.165, 1.54) is 7.11 Å². The molecule has 0 spiro atoms. The van der Waals surface area contributed by atoms with Gasteiger partial charge in [-0.1, -0.05) is 20.8 Å². The third-order valence-corrected chi connectivity index (χ3v) is 2.96. The third kappa shape index (κ3) is 1.97. The zero-order valence-electron chi connectivity index (χ0n) is 9.29. The molecule has 0 N–H and O–H groups in total. The summed E-state index contributed by atoms with van der Waals surface area (Å²) in [4.78, 5) is 23.1. The number of hydrogen-bond donors (Lipinski definition) is 0. The van der Waals surface area contributed by atoms with Crippen LogP contribution in [0, 0.1) is 17.3 Å². The maximum absolute atomic E-state index is 11.9. The minimum Gasteiger partial charge on any atom is -0.468 e. The summed E-state index contributed by atoms with van der Waals surface area (Å²) in [5, 5.41) is 0. The van der Waals surface area contributed by atoms with Crippen LogP contribution in [0.3, 0.4) is 0 Å². The molecule has 0 aromatic rings. The molecule has 0 aromatic carbocycles. The van der Waals surface area contributed by atoms with Gasteiger partial charge in [0.2, 0.25) is 0 Å². The Hall–Kier alpha value is -0.860. The molecular weight excluding hydrogens is 180 g/mol. The number of ketones is 1. The monoisotopic (exact) mass is 198 g/mol. The first-order chi connectivity index (χ1) is 6.38. The summed E-state index contributed by atoms with van der Waals surface area (Å²) in [6.07, 6.45) is 1.45. The summed E-state index contributed by atoms with van der Waals surface area (Å²) < 4.78 is 4.61. The molecule has 3 heteroatoms. The maximum Gasteiger partial charge on any atom is 0.316 e. The molecule has 1 aliphatic carbocycles. The Morgan fingerprint density at radius 3 is 2.29 bits per heavy atom. The highest BCUT2D eigenvalue weighted by atomic mass is 16.5. The lowest BCUT2D eigenvalue weighted by Gasteiger charge is -2.25. The van der Waals surface area contributed by atoms with Gasteiger partial charge in [0.05, 0.1) is 7.11 Å². The second-order valence-electron chi connectivity index (χ2n) is 4.97. The van der Waals surface area contributed by atoms with Crippen LogP contribution < -0.4 is 0 Å². The molecule has 1 rings (SSSR count). The number of esters is 1. The van der Waals surface area contributed by atoms with Crippen molar-refractivity contribution in [2.24, 2.45) is 17.3 Å². The molecule has 2 unspecified atom stereocenters. The molecule has 0 aromatic heterocycles. The van der Waals surface area contributed by atoms with E-state index in [0.29, 0.717) is 6.42 Å². The minimum atomic E-state index is -0.510. The number of rotatable bonds is 1. The first kappa shape index (κ1) is 11.2. The van der Waals surface area contributed by atoms with E-state index in [1.54, 1.807) is 0 Å². The molecule has 0 bridgehead atoms. The van der Waals surface area contributed by atoms with E-state index in [2.05, 4.69) is 4.74 Å². The number of Topliss-reactive ketones (excluding diaryl/α,β-unsaturated/α-hetero) is 1. The van der Waals surface area contributed by atoms with Gasteiger partial charge >= 0.3 is 5.97 Å². The van der Waals surface area contributed by atoms with E-state index in [0.717, 1.165) is 6.42 Å². The van der Waals surface area contributed by atoms with Crippen LogP contribution >= 0.6 is 0 Å². The molecule has 0 aliphatic heterocycles. The van der Waals surface area contributed by atoms with Gasteiger partial charge in [0.1, 0.15) is 5.92 Å². The predicted octanol–water partition coefficient (Wildman–Crippen LogP) is 1.80. The molecule has 0 heterocycles. The summed E-state index contributed by atoms with van der Waals surface area (Å²) in [5.74, 6) is -0.818. The van der Waals surface area contributed by atoms with Crippen molar-refractivity contribution in [1.29, 1.82) is 0 Å². The van der Waals surface area contributed by atoms with E-state index in [1.807, 2.05) is 20.8 Å². The number of hydrogen-bond acceptors (Lipinski definition) is 3. The lowest BCUT2D eigenvalue weighted by molar-refractivity contribution is -0.149. The van der Waals surface area contributed by atoms with Crippen molar-refractivity contribution < 1.29 is 14.3 Å². The van der Waals surface area contributed by atoms with Crippen LogP contribution in [0.4, 0.5) is 0 Å². The molecule has 0 saturated heterocycles. The maximum atomic E-state index is 11.9. The molecule has 0 amide bonds. The van der Waals surface area contributed by atoms with Gasteiger partial charge < -0.3 is 4.74 Å². The Morgan fingerprint density at radius 2 is 1.93 bits per heavy atom. The van der Waals surface area contributed by atoms with Crippen molar-refractivity contribution in [2.75, 3.05) is 7.11 Å². The van der Waals surface area contributed by atoms with Gasteiger partial charge in [0, 0.05) is 5.92 Å². The fraction of sp³-hybridized carbons (Fsp3) is 0.818. The smallest absolute Gasteiger partial charge is 0.316 e. The number of carbonyl (C=O) groups excluding carboxylic acids is 2. The summed E-state index contributed by atoms with van der Waals surface area (Å²) in [7, 11) is 1.33.